The van der Waals surface area contributed by atoms with Gasteiger partial charge < -0.3 is 14.6 Å². The molecule has 0 heterocycles. The van der Waals surface area contributed by atoms with Crippen molar-refractivity contribution in [2.75, 3.05) is 13.2 Å². The maximum Gasteiger partial charge on any atom is 0.341 e. The van der Waals surface area contributed by atoms with Gasteiger partial charge in [0.25, 0.3) is 0 Å². The van der Waals surface area contributed by atoms with Gasteiger partial charge in [-0.25, -0.2) is 4.79 Å². The van der Waals surface area contributed by atoms with Crippen molar-refractivity contribution in [3.8, 4) is 33.8 Å². The smallest absolute Gasteiger partial charge is 0.341 e. The average molecular weight is 639 g/mol. The van der Waals surface area contributed by atoms with Crippen molar-refractivity contribution in [3.63, 3.8) is 0 Å². The molecule has 0 unspecified atom stereocenters. The Morgan fingerprint density at radius 2 is 1.02 bits per heavy atom. The van der Waals surface area contributed by atoms with Gasteiger partial charge in [0.2, 0.25) is 0 Å². The van der Waals surface area contributed by atoms with E-state index in [4.69, 9.17) is 14.6 Å². The highest BCUT2D eigenvalue weighted by atomic mass is 16.5. The molecule has 0 saturated heterocycles. The highest BCUT2D eigenvalue weighted by Crippen LogP contribution is 2.32. The van der Waals surface area contributed by atoms with Gasteiger partial charge in [0.1, 0.15) is 18.1 Å². The molecular weight excluding hydrogens is 592 g/mol. The first kappa shape index (κ1) is 34.3. The molecule has 1 N–H and O–H groups in total. The van der Waals surface area contributed by atoms with Crippen LogP contribution in [0.5, 0.6) is 11.5 Å². The van der Waals surface area contributed by atoms with E-state index < -0.39 is 5.97 Å². The van der Waals surface area contributed by atoms with Gasteiger partial charge in [0.05, 0.1) is 0 Å². The number of ether oxygens (including phenoxy) is 2. The minimum absolute atomic E-state index is 0.116. The van der Waals surface area contributed by atoms with Gasteiger partial charge >= 0.3 is 5.97 Å². The Kier molecular flexibility index (Phi) is 10.2. The third kappa shape index (κ3) is 8.63. The van der Waals surface area contributed by atoms with Crippen LogP contribution in [0.15, 0.2) is 121 Å². The van der Waals surface area contributed by atoms with E-state index in [9.17, 15) is 4.79 Å². The zero-order valence-electron chi connectivity index (χ0n) is 29.1. The molecule has 0 bridgehead atoms. The highest BCUT2D eigenvalue weighted by Gasteiger charge is 2.15. The van der Waals surface area contributed by atoms with Crippen LogP contribution in [0.4, 0.5) is 0 Å². The number of hydrogen-bond acceptors (Lipinski definition) is 3. The van der Waals surface area contributed by atoms with E-state index in [1.807, 2.05) is 13.0 Å². The summed E-state index contributed by atoms with van der Waals surface area (Å²) in [5.41, 5.74) is 11.7. The standard InChI is InChI=1S/C44H46O4/c1-30-28-39(24-25-41(30)48-29-42(45)46)47-27-26-40(35-12-8-31(9-13-35)33-16-20-37(21-17-33)43(2,3)4)36-14-10-32(11-15-36)34-18-22-38(23-19-34)44(5,6)7/h8-26,28H,27,29H2,1-7H3,(H,45,46). The molecule has 5 rings (SSSR count). The molecule has 0 fully saturated rings. The van der Waals surface area contributed by atoms with E-state index in [1.165, 1.54) is 33.4 Å². The van der Waals surface area contributed by atoms with E-state index in [0.29, 0.717) is 18.1 Å². The van der Waals surface area contributed by atoms with E-state index in [0.717, 1.165) is 22.3 Å². The van der Waals surface area contributed by atoms with Crippen molar-refractivity contribution in [2.24, 2.45) is 0 Å². The van der Waals surface area contributed by atoms with Gasteiger partial charge in [-0.1, -0.05) is 139 Å². The third-order valence-corrected chi connectivity index (χ3v) is 8.60. The molecule has 5 aromatic carbocycles. The second-order valence-corrected chi connectivity index (χ2v) is 14.3. The predicted octanol–water partition coefficient (Wildman–Crippen LogP) is 10.9. The molecule has 0 aliphatic carbocycles. The fourth-order valence-electron chi connectivity index (χ4n) is 5.65. The summed E-state index contributed by atoms with van der Waals surface area (Å²) >= 11 is 0. The van der Waals surface area contributed by atoms with Crippen molar-refractivity contribution in [1.82, 2.24) is 0 Å². The fourth-order valence-corrected chi connectivity index (χ4v) is 5.65. The van der Waals surface area contributed by atoms with Crippen LogP contribution in [0.1, 0.15) is 69.4 Å². The first-order chi connectivity index (χ1) is 22.8. The van der Waals surface area contributed by atoms with Crippen molar-refractivity contribution >= 4 is 11.5 Å². The molecule has 246 valence electrons. The summed E-state index contributed by atoms with van der Waals surface area (Å²) in [6.45, 7) is 15.3. The number of carboxylic acid groups (broad SMARTS) is 1. The molecule has 0 aliphatic rings. The van der Waals surface area contributed by atoms with Crippen LogP contribution in [0.3, 0.4) is 0 Å². The van der Waals surface area contributed by atoms with Gasteiger partial charge in [-0.3, -0.25) is 0 Å². The quantitative estimate of drug-likeness (QED) is 0.165. The topological polar surface area (TPSA) is 55.8 Å². The number of carbonyl (C=O) groups is 1. The number of aliphatic carboxylic acids is 1. The first-order valence-electron chi connectivity index (χ1n) is 16.5. The molecule has 0 spiro atoms. The Morgan fingerprint density at radius 3 is 1.40 bits per heavy atom. The Labute approximate surface area is 285 Å². The fraction of sp³-hybridized carbons (Fsp3) is 0.250. The van der Waals surface area contributed by atoms with Gasteiger partial charge in [-0.15, -0.1) is 0 Å². The number of rotatable bonds is 10. The summed E-state index contributed by atoms with van der Waals surface area (Å²) in [5.74, 6) is 0.210. The molecule has 0 atom stereocenters. The largest absolute Gasteiger partial charge is 0.489 e. The minimum Gasteiger partial charge on any atom is -0.489 e. The third-order valence-electron chi connectivity index (χ3n) is 8.60. The monoisotopic (exact) mass is 638 g/mol. The Balaban J connectivity index is 1.41. The van der Waals surface area contributed by atoms with Gasteiger partial charge in [0, 0.05) is 0 Å². The number of aryl methyl sites for hydroxylation is 1. The molecule has 5 aromatic rings. The Bertz CT molecular complexity index is 1760. The maximum atomic E-state index is 10.9. The number of hydrogen-bond donors (Lipinski definition) is 1. The maximum absolute atomic E-state index is 10.9. The minimum atomic E-state index is -1.01. The van der Waals surface area contributed by atoms with Crippen molar-refractivity contribution in [1.29, 1.82) is 0 Å². The normalized spacial score (nSPS) is 11.6. The summed E-state index contributed by atoms with van der Waals surface area (Å²) in [5, 5.41) is 8.94. The van der Waals surface area contributed by atoms with Gasteiger partial charge in [-0.05, 0) is 97.7 Å². The van der Waals surface area contributed by atoms with Crippen LogP contribution < -0.4 is 9.47 Å². The zero-order valence-corrected chi connectivity index (χ0v) is 29.1. The second-order valence-electron chi connectivity index (χ2n) is 14.3. The lowest BCUT2D eigenvalue weighted by atomic mass is 9.86. The van der Waals surface area contributed by atoms with E-state index in [2.05, 4.69) is 145 Å². The molecule has 0 aliphatic heterocycles. The van der Waals surface area contributed by atoms with Crippen LogP contribution in [0, 0.1) is 6.92 Å². The SMILES string of the molecule is Cc1cc(OCC=C(c2ccc(-c3ccc(C(C)(C)C)cc3)cc2)c2ccc(-c3ccc(C(C)(C)C)cc3)cc2)ccc1OCC(=O)O. The molecule has 4 heteroatoms. The lowest BCUT2D eigenvalue weighted by Crippen LogP contribution is -2.10. The lowest BCUT2D eigenvalue weighted by Gasteiger charge is -2.19. The van der Waals surface area contributed by atoms with E-state index >= 15 is 0 Å². The zero-order chi connectivity index (χ0) is 34.5. The van der Waals surface area contributed by atoms with Crippen LogP contribution in [0.25, 0.3) is 27.8 Å². The summed E-state index contributed by atoms with van der Waals surface area (Å²) in [7, 11) is 0. The van der Waals surface area contributed by atoms with Gasteiger partial charge in [0.15, 0.2) is 6.61 Å². The van der Waals surface area contributed by atoms with Crippen molar-refractivity contribution in [2.45, 2.75) is 59.3 Å². The van der Waals surface area contributed by atoms with Crippen molar-refractivity contribution in [3.05, 3.63) is 149 Å². The number of carboxylic acids is 1. The Morgan fingerprint density at radius 1 is 0.604 bits per heavy atom. The summed E-state index contributed by atoms with van der Waals surface area (Å²) in [4.78, 5) is 10.9. The van der Waals surface area contributed by atoms with E-state index in [1.54, 1.807) is 12.1 Å². The summed E-state index contributed by atoms with van der Waals surface area (Å²) in [6, 6.07) is 40.5. The molecular formula is C44H46O4. The van der Waals surface area contributed by atoms with Crippen LogP contribution in [-0.2, 0) is 15.6 Å². The highest BCUT2D eigenvalue weighted by molar-refractivity contribution is 5.82. The van der Waals surface area contributed by atoms with Crippen LogP contribution >= 0.6 is 0 Å². The lowest BCUT2D eigenvalue weighted by molar-refractivity contribution is -0.139. The summed E-state index contributed by atoms with van der Waals surface area (Å²) < 4.78 is 11.5. The molecule has 0 radical (unpaired) electrons. The molecule has 0 saturated carbocycles. The average Bonchev–Trinajstić information content (AvgIpc) is 3.06. The second kappa shape index (κ2) is 14.4. The Hall–Kier alpha value is -5.09. The molecule has 0 aromatic heterocycles. The molecule has 4 nitrogen and oxygen atoms in total. The van der Waals surface area contributed by atoms with Crippen molar-refractivity contribution < 1.29 is 19.4 Å². The molecule has 48 heavy (non-hydrogen) atoms. The number of benzene rings is 5. The van der Waals surface area contributed by atoms with Crippen LogP contribution in [0.2, 0.25) is 0 Å². The predicted molar refractivity (Wildman–Crippen MR) is 198 cm³/mol. The van der Waals surface area contributed by atoms with Crippen LogP contribution in [-0.4, -0.2) is 24.3 Å². The summed E-state index contributed by atoms with van der Waals surface area (Å²) in [6.07, 6.45) is 2.12. The van der Waals surface area contributed by atoms with E-state index in [-0.39, 0.29) is 17.4 Å². The molecule has 0 amide bonds. The first-order valence-corrected chi connectivity index (χ1v) is 16.5. The van der Waals surface area contributed by atoms with Gasteiger partial charge in [-0.2, -0.15) is 0 Å².